The van der Waals surface area contributed by atoms with Gasteiger partial charge in [0.25, 0.3) is 0 Å². The summed E-state index contributed by atoms with van der Waals surface area (Å²) < 4.78 is 1.93. The minimum atomic E-state index is -0.186. The molecule has 2 heterocycles. The number of aryl methyl sites for hydroxylation is 1. The van der Waals surface area contributed by atoms with Crippen molar-refractivity contribution in [1.82, 2.24) is 19.5 Å². The fraction of sp³-hybridized carbons (Fsp3) is 0.391. The number of nitrogen functional groups attached to an aromatic ring is 1. The van der Waals surface area contributed by atoms with Crippen molar-refractivity contribution in [3.8, 4) is 23.9 Å². The van der Waals surface area contributed by atoms with Gasteiger partial charge in [-0.2, -0.15) is 0 Å². The van der Waals surface area contributed by atoms with Crippen LogP contribution in [0.5, 0.6) is 0 Å². The van der Waals surface area contributed by atoms with E-state index in [0.29, 0.717) is 30.0 Å². The molecular formula is C23H27N5O. The molecule has 0 atom stereocenters. The van der Waals surface area contributed by atoms with Crippen LogP contribution in [0.2, 0.25) is 0 Å². The lowest BCUT2D eigenvalue weighted by molar-refractivity contribution is 0.102. The van der Waals surface area contributed by atoms with Gasteiger partial charge < -0.3 is 10.3 Å². The fourth-order valence-corrected chi connectivity index (χ4v) is 3.80. The number of aromatic nitrogens is 4. The van der Waals surface area contributed by atoms with Crippen LogP contribution in [0.15, 0.2) is 0 Å². The third kappa shape index (κ3) is 3.38. The zero-order valence-corrected chi connectivity index (χ0v) is 18.0. The Morgan fingerprint density at radius 3 is 2.14 bits per heavy atom. The van der Waals surface area contributed by atoms with E-state index in [0.717, 1.165) is 34.5 Å². The summed E-state index contributed by atoms with van der Waals surface area (Å²) in [5, 5.41) is 0. The van der Waals surface area contributed by atoms with E-state index in [9.17, 15) is 4.79 Å². The van der Waals surface area contributed by atoms with Gasteiger partial charge in [-0.05, 0) is 75.8 Å². The van der Waals surface area contributed by atoms with E-state index in [-0.39, 0.29) is 17.4 Å². The van der Waals surface area contributed by atoms with Gasteiger partial charge in [-0.25, -0.2) is 15.0 Å². The number of terminal acetylenes is 1. The van der Waals surface area contributed by atoms with Gasteiger partial charge in [0.1, 0.15) is 5.82 Å². The normalized spacial score (nSPS) is 11.1. The molecule has 0 amide bonds. The number of nitrogens with two attached hydrogens (primary N) is 1. The number of anilines is 1. The summed E-state index contributed by atoms with van der Waals surface area (Å²) in [5.41, 5.74) is 12.6. The highest BCUT2D eigenvalue weighted by atomic mass is 16.1. The summed E-state index contributed by atoms with van der Waals surface area (Å²) >= 11 is 0. The Kier molecular flexibility index (Phi) is 5.43. The van der Waals surface area contributed by atoms with Gasteiger partial charge in [-0.3, -0.25) is 4.79 Å². The zero-order valence-electron chi connectivity index (χ0n) is 18.0. The van der Waals surface area contributed by atoms with Crippen LogP contribution in [0.1, 0.15) is 62.7 Å². The molecular weight excluding hydrogens is 362 g/mol. The molecule has 3 rings (SSSR count). The quantitative estimate of drug-likeness (QED) is 0.407. The van der Waals surface area contributed by atoms with Gasteiger partial charge in [0, 0.05) is 18.5 Å². The standard InChI is InChI=1S/C23H27N5O/c1-8-9-10-11-28-17(7)25-21(24)19-23(28)27-22(26-19)20(29)18-15(5)13(3)12(2)14(4)16(18)6/h1H,9-11,24H2,2-7H3. The molecule has 6 heteroatoms. The van der Waals surface area contributed by atoms with E-state index < -0.39 is 0 Å². The van der Waals surface area contributed by atoms with E-state index >= 15 is 0 Å². The lowest BCUT2D eigenvalue weighted by Crippen LogP contribution is -2.13. The smallest absolute Gasteiger partial charge is 0.230 e. The molecule has 1 aromatic carbocycles. The van der Waals surface area contributed by atoms with Crippen molar-refractivity contribution in [3.05, 3.63) is 45.0 Å². The van der Waals surface area contributed by atoms with Gasteiger partial charge in [0.15, 0.2) is 17.3 Å². The highest BCUT2D eigenvalue weighted by Gasteiger charge is 2.27. The second-order valence-electron chi connectivity index (χ2n) is 7.55. The topological polar surface area (TPSA) is 86.7 Å². The van der Waals surface area contributed by atoms with E-state index in [1.165, 1.54) is 5.56 Å². The minimum Gasteiger partial charge on any atom is -0.382 e. The highest BCUT2D eigenvalue weighted by molar-refractivity contribution is 6.09. The Bertz CT molecular complexity index is 1100. The molecule has 1 aromatic rings. The summed E-state index contributed by atoms with van der Waals surface area (Å²) in [6.45, 7) is 12.6. The van der Waals surface area contributed by atoms with Crippen LogP contribution in [0.3, 0.4) is 0 Å². The lowest BCUT2D eigenvalue weighted by Gasteiger charge is -2.16. The molecule has 0 fully saturated rings. The Labute approximate surface area is 171 Å². The van der Waals surface area contributed by atoms with Gasteiger partial charge >= 0.3 is 0 Å². The van der Waals surface area contributed by atoms with Crippen LogP contribution < -0.4 is 5.73 Å². The van der Waals surface area contributed by atoms with Gasteiger partial charge in [-0.15, -0.1) is 12.3 Å². The number of unbranched alkanes of at least 4 members (excludes halogenated alkanes) is 1. The first kappa shape index (κ1) is 20.5. The number of fused-ring (bicyclic) bond motifs is 1. The molecule has 0 saturated carbocycles. The van der Waals surface area contributed by atoms with Gasteiger partial charge in [0.05, 0.1) is 0 Å². The van der Waals surface area contributed by atoms with Crippen LogP contribution in [-0.2, 0) is 6.54 Å². The highest BCUT2D eigenvalue weighted by Crippen LogP contribution is 2.30. The minimum absolute atomic E-state index is 0.152. The summed E-state index contributed by atoms with van der Waals surface area (Å²) in [6, 6.07) is 0. The first-order valence-corrected chi connectivity index (χ1v) is 9.74. The van der Waals surface area contributed by atoms with E-state index in [2.05, 4.69) is 27.8 Å². The SMILES string of the molecule is C#CCCCn1c(C)nc(N)c2nc(C(=O)c3c(C)c(C)c(C)c(C)c3C)nc1-2. The molecule has 0 spiro atoms. The average Bonchev–Trinajstić information content (AvgIpc) is 3.13. The number of ketones is 1. The third-order valence-corrected chi connectivity index (χ3v) is 5.95. The average molecular weight is 390 g/mol. The van der Waals surface area contributed by atoms with Crippen molar-refractivity contribution in [3.63, 3.8) is 0 Å². The number of carbonyl (C=O) groups excluding carboxylic acids is 1. The molecule has 2 N–H and O–H groups in total. The van der Waals surface area contributed by atoms with Crippen LogP contribution in [0, 0.1) is 53.9 Å². The molecule has 29 heavy (non-hydrogen) atoms. The second-order valence-corrected chi connectivity index (χ2v) is 7.55. The first-order valence-electron chi connectivity index (χ1n) is 9.74. The van der Waals surface area contributed by atoms with Crippen LogP contribution in [-0.4, -0.2) is 25.3 Å². The number of rotatable bonds is 5. The summed E-state index contributed by atoms with van der Waals surface area (Å²) in [6.07, 6.45) is 6.81. The monoisotopic (exact) mass is 389 g/mol. The van der Waals surface area contributed by atoms with Crippen molar-refractivity contribution in [2.75, 3.05) is 5.73 Å². The lowest BCUT2D eigenvalue weighted by atomic mass is 9.87. The van der Waals surface area contributed by atoms with Crippen LogP contribution >= 0.6 is 0 Å². The number of hydrogen-bond acceptors (Lipinski definition) is 5. The van der Waals surface area contributed by atoms with Crippen molar-refractivity contribution in [2.24, 2.45) is 0 Å². The molecule has 0 radical (unpaired) electrons. The molecule has 0 aliphatic carbocycles. The van der Waals surface area contributed by atoms with Crippen molar-refractivity contribution < 1.29 is 4.79 Å². The Morgan fingerprint density at radius 2 is 1.55 bits per heavy atom. The second kappa shape index (κ2) is 7.67. The number of nitrogens with zero attached hydrogens (tertiary/aromatic N) is 4. The van der Waals surface area contributed by atoms with Gasteiger partial charge in [0.2, 0.25) is 11.6 Å². The largest absolute Gasteiger partial charge is 0.382 e. The van der Waals surface area contributed by atoms with Crippen molar-refractivity contribution in [1.29, 1.82) is 0 Å². The van der Waals surface area contributed by atoms with E-state index in [4.69, 9.17) is 12.2 Å². The van der Waals surface area contributed by atoms with Crippen LogP contribution in [0.4, 0.5) is 5.82 Å². The molecule has 0 saturated heterocycles. The molecule has 0 unspecified atom stereocenters. The molecule has 6 nitrogen and oxygen atoms in total. The maximum atomic E-state index is 13.4. The molecule has 150 valence electrons. The first-order chi connectivity index (χ1) is 13.7. The molecule has 2 aliphatic rings. The summed E-state index contributed by atoms with van der Waals surface area (Å²) in [5.74, 6) is 4.18. The molecule has 2 aliphatic heterocycles. The number of carbonyl (C=O) groups is 1. The number of hydrogen-bond donors (Lipinski definition) is 1. The molecule has 0 bridgehead atoms. The Morgan fingerprint density at radius 1 is 0.966 bits per heavy atom. The Hall–Kier alpha value is -3.20. The zero-order chi connectivity index (χ0) is 21.5. The summed E-state index contributed by atoms with van der Waals surface area (Å²) in [4.78, 5) is 26.9. The Balaban J connectivity index is 2.16. The van der Waals surface area contributed by atoms with E-state index in [1.54, 1.807) is 0 Å². The fourth-order valence-electron chi connectivity index (χ4n) is 3.80. The predicted molar refractivity (Wildman–Crippen MR) is 115 cm³/mol. The maximum absolute atomic E-state index is 13.4. The van der Waals surface area contributed by atoms with Crippen molar-refractivity contribution >= 4 is 11.6 Å². The summed E-state index contributed by atoms with van der Waals surface area (Å²) in [7, 11) is 0. The van der Waals surface area contributed by atoms with E-state index in [1.807, 2.05) is 39.2 Å². The predicted octanol–water partition coefficient (Wildman–Crippen LogP) is 3.86. The van der Waals surface area contributed by atoms with Gasteiger partial charge in [-0.1, -0.05) is 0 Å². The van der Waals surface area contributed by atoms with Crippen molar-refractivity contribution in [2.45, 2.75) is 60.9 Å². The van der Waals surface area contributed by atoms with Crippen LogP contribution in [0.25, 0.3) is 11.5 Å². The number of imidazole rings is 1. The maximum Gasteiger partial charge on any atom is 0.230 e. The third-order valence-electron chi connectivity index (χ3n) is 5.95. The number of benzene rings is 1. The molecule has 0 aromatic heterocycles.